The van der Waals surface area contributed by atoms with Gasteiger partial charge in [-0.05, 0) is 48.7 Å². The maximum absolute atomic E-state index is 12.4. The van der Waals surface area contributed by atoms with Crippen molar-refractivity contribution in [2.24, 2.45) is 0 Å². The molecule has 28 heavy (non-hydrogen) atoms. The predicted octanol–water partition coefficient (Wildman–Crippen LogP) is 4.94. The van der Waals surface area contributed by atoms with Gasteiger partial charge in [0, 0.05) is 35.4 Å². The molecule has 0 unspecified atom stereocenters. The Bertz CT molecular complexity index is 1140. The molecule has 0 spiro atoms. The van der Waals surface area contributed by atoms with E-state index in [0.29, 0.717) is 17.3 Å². The zero-order valence-corrected chi connectivity index (χ0v) is 16.5. The normalized spacial score (nSPS) is 11.1. The smallest absolute Gasteiger partial charge is 0.272 e. The van der Waals surface area contributed by atoms with Crippen LogP contribution >= 0.6 is 11.6 Å². The highest BCUT2D eigenvalue weighted by molar-refractivity contribution is 6.31. The number of benzene rings is 2. The van der Waals surface area contributed by atoms with Gasteiger partial charge in [0.25, 0.3) is 5.91 Å². The second-order valence-corrected chi connectivity index (χ2v) is 7.15. The van der Waals surface area contributed by atoms with Gasteiger partial charge in [-0.25, -0.2) is 0 Å². The Morgan fingerprint density at radius 2 is 2.00 bits per heavy atom. The molecule has 0 fully saturated rings. The van der Waals surface area contributed by atoms with E-state index < -0.39 is 0 Å². The van der Waals surface area contributed by atoms with Gasteiger partial charge in [-0.3, -0.25) is 9.48 Å². The topological polar surface area (TPSA) is 62.7 Å². The number of H-pyrrole nitrogens is 1. The number of carbonyl (C=O) groups excluding carboxylic acids is 1. The lowest BCUT2D eigenvalue weighted by Crippen LogP contribution is -2.23. The monoisotopic (exact) mass is 392 g/mol. The first-order valence-corrected chi connectivity index (χ1v) is 9.62. The Balaban J connectivity index is 1.66. The molecule has 0 aliphatic rings. The molecular weight excluding hydrogens is 372 g/mol. The van der Waals surface area contributed by atoms with Crippen molar-refractivity contribution in [1.29, 1.82) is 0 Å². The van der Waals surface area contributed by atoms with Crippen molar-refractivity contribution in [2.45, 2.75) is 26.9 Å². The number of hydrogen-bond donors (Lipinski definition) is 2. The van der Waals surface area contributed by atoms with Gasteiger partial charge < -0.3 is 10.3 Å². The number of aromatic amines is 1. The van der Waals surface area contributed by atoms with Crippen LogP contribution in [0.3, 0.4) is 0 Å². The first kappa shape index (κ1) is 18.3. The minimum absolute atomic E-state index is 0.202. The summed E-state index contributed by atoms with van der Waals surface area (Å²) >= 11 is 6.36. The highest BCUT2D eigenvalue weighted by Gasteiger charge is 2.15. The van der Waals surface area contributed by atoms with Crippen LogP contribution in [0.1, 0.15) is 28.5 Å². The molecule has 2 aromatic heterocycles. The summed E-state index contributed by atoms with van der Waals surface area (Å²) in [6, 6.07) is 15.8. The number of carbonyl (C=O) groups is 1. The minimum Gasteiger partial charge on any atom is -0.354 e. The molecule has 4 rings (SSSR count). The number of aromatic nitrogens is 3. The van der Waals surface area contributed by atoms with Crippen LogP contribution in [-0.2, 0) is 13.1 Å². The van der Waals surface area contributed by atoms with E-state index in [0.717, 1.165) is 39.8 Å². The molecule has 0 bridgehead atoms. The van der Waals surface area contributed by atoms with Crippen LogP contribution < -0.4 is 5.32 Å². The summed E-state index contributed by atoms with van der Waals surface area (Å²) in [5.74, 6) is -0.202. The second-order valence-electron chi connectivity index (χ2n) is 6.72. The molecule has 0 aliphatic carbocycles. The summed E-state index contributed by atoms with van der Waals surface area (Å²) < 4.78 is 1.73. The SMILES string of the molecule is CCn1ccc(C(=O)NCc2cc(Cl)cc3c(C)c(-c4ccccc4)[nH]c23)n1. The van der Waals surface area contributed by atoms with Gasteiger partial charge in [-0.2, -0.15) is 5.10 Å². The summed E-state index contributed by atoms with van der Waals surface area (Å²) in [5.41, 5.74) is 5.65. The van der Waals surface area contributed by atoms with Crippen molar-refractivity contribution in [2.75, 3.05) is 0 Å². The van der Waals surface area contributed by atoms with E-state index in [1.54, 1.807) is 16.9 Å². The summed E-state index contributed by atoms with van der Waals surface area (Å²) in [6.45, 7) is 5.15. The van der Waals surface area contributed by atoms with Crippen molar-refractivity contribution in [1.82, 2.24) is 20.1 Å². The molecule has 1 amide bonds. The van der Waals surface area contributed by atoms with E-state index in [-0.39, 0.29) is 5.91 Å². The number of rotatable bonds is 5. The fourth-order valence-corrected chi connectivity index (χ4v) is 3.66. The number of hydrogen-bond acceptors (Lipinski definition) is 2. The number of amides is 1. The van der Waals surface area contributed by atoms with Crippen molar-refractivity contribution in [3.63, 3.8) is 0 Å². The number of fused-ring (bicyclic) bond motifs is 1. The Morgan fingerprint density at radius 3 is 2.71 bits per heavy atom. The average Bonchev–Trinajstić information content (AvgIpc) is 3.32. The van der Waals surface area contributed by atoms with Crippen molar-refractivity contribution in [3.8, 4) is 11.3 Å². The van der Waals surface area contributed by atoms with Crippen LogP contribution in [0.15, 0.2) is 54.7 Å². The molecule has 0 atom stereocenters. The van der Waals surface area contributed by atoms with E-state index in [9.17, 15) is 4.79 Å². The summed E-state index contributed by atoms with van der Waals surface area (Å²) in [6.07, 6.45) is 1.80. The van der Waals surface area contributed by atoms with Gasteiger partial charge in [-0.15, -0.1) is 0 Å². The van der Waals surface area contributed by atoms with E-state index in [2.05, 4.69) is 34.5 Å². The highest BCUT2D eigenvalue weighted by atomic mass is 35.5. The van der Waals surface area contributed by atoms with E-state index in [4.69, 9.17) is 11.6 Å². The van der Waals surface area contributed by atoms with Crippen LogP contribution in [0.2, 0.25) is 5.02 Å². The number of aryl methyl sites for hydroxylation is 2. The van der Waals surface area contributed by atoms with Gasteiger partial charge >= 0.3 is 0 Å². The van der Waals surface area contributed by atoms with Crippen LogP contribution in [-0.4, -0.2) is 20.7 Å². The Morgan fingerprint density at radius 1 is 1.21 bits per heavy atom. The van der Waals surface area contributed by atoms with Gasteiger partial charge in [0.2, 0.25) is 0 Å². The predicted molar refractivity (Wildman–Crippen MR) is 113 cm³/mol. The lowest BCUT2D eigenvalue weighted by molar-refractivity contribution is 0.0945. The zero-order chi connectivity index (χ0) is 19.7. The van der Waals surface area contributed by atoms with Crippen molar-refractivity contribution in [3.05, 3.63) is 76.6 Å². The first-order chi connectivity index (χ1) is 13.6. The van der Waals surface area contributed by atoms with Gasteiger partial charge in [-0.1, -0.05) is 41.9 Å². The number of halogens is 1. The molecule has 0 radical (unpaired) electrons. The molecule has 4 aromatic rings. The molecule has 2 heterocycles. The third kappa shape index (κ3) is 3.41. The maximum atomic E-state index is 12.4. The summed E-state index contributed by atoms with van der Waals surface area (Å²) in [5, 5.41) is 8.90. The Labute approximate surface area is 168 Å². The lowest BCUT2D eigenvalue weighted by atomic mass is 10.1. The second kappa shape index (κ2) is 7.52. The van der Waals surface area contributed by atoms with Crippen LogP contribution in [0.5, 0.6) is 0 Å². The van der Waals surface area contributed by atoms with Crippen LogP contribution in [0, 0.1) is 6.92 Å². The van der Waals surface area contributed by atoms with Crippen molar-refractivity contribution < 1.29 is 4.79 Å². The minimum atomic E-state index is -0.202. The highest BCUT2D eigenvalue weighted by Crippen LogP contribution is 2.33. The van der Waals surface area contributed by atoms with E-state index in [1.165, 1.54) is 0 Å². The average molecular weight is 393 g/mol. The third-order valence-corrected chi connectivity index (χ3v) is 5.13. The number of nitrogens with one attached hydrogen (secondary N) is 2. The van der Waals surface area contributed by atoms with Crippen molar-refractivity contribution >= 4 is 28.4 Å². The largest absolute Gasteiger partial charge is 0.354 e. The first-order valence-electron chi connectivity index (χ1n) is 9.24. The van der Waals surface area contributed by atoms with Gasteiger partial charge in [0.05, 0.1) is 5.52 Å². The third-order valence-electron chi connectivity index (χ3n) is 4.91. The fourth-order valence-electron chi connectivity index (χ4n) is 3.42. The van der Waals surface area contributed by atoms with Crippen LogP contribution in [0.4, 0.5) is 0 Å². The molecule has 2 aromatic carbocycles. The number of nitrogens with zero attached hydrogens (tertiary/aromatic N) is 2. The zero-order valence-electron chi connectivity index (χ0n) is 15.8. The fraction of sp³-hybridized carbons (Fsp3) is 0.182. The summed E-state index contributed by atoms with van der Waals surface area (Å²) in [7, 11) is 0. The molecule has 0 aliphatic heterocycles. The lowest BCUT2D eigenvalue weighted by Gasteiger charge is -2.06. The molecule has 5 nitrogen and oxygen atoms in total. The van der Waals surface area contributed by atoms with E-state index in [1.807, 2.05) is 37.3 Å². The molecule has 2 N–H and O–H groups in total. The quantitative estimate of drug-likeness (QED) is 0.505. The van der Waals surface area contributed by atoms with E-state index >= 15 is 0 Å². The molecule has 6 heteroatoms. The molecule has 0 saturated heterocycles. The Hall–Kier alpha value is -3.05. The summed E-state index contributed by atoms with van der Waals surface area (Å²) in [4.78, 5) is 16.0. The molecular formula is C22H21ClN4O. The van der Waals surface area contributed by atoms with Gasteiger partial charge in [0.15, 0.2) is 0 Å². The maximum Gasteiger partial charge on any atom is 0.272 e. The Kier molecular flexibility index (Phi) is 4.92. The van der Waals surface area contributed by atoms with Crippen LogP contribution in [0.25, 0.3) is 22.2 Å². The molecule has 142 valence electrons. The molecule has 0 saturated carbocycles. The standard InChI is InChI=1S/C22H21ClN4O/c1-3-27-10-9-19(26-27)22(28)24-13-16-11-17(23)12-18-14(2)20(25-21(16)18)15-7-5-4-6-8-15/h4-12,25H,3,13H2,1-2H3,(H,24,28). The van der Waals surface area contributed by atoms with Gasteiger partial charge in [0.1, 0.15) is 5.69 Å².